The fourth-order valence-electron chi connectivity index (χ4n) is 13.3. The van der Waals surface area contributed by atoms with E-state index in [1.807, 2.05) is 6.08 Å². The van der Waals surface area contributed by atoms with E-state index in [4.69, 9.17) is 9.47 Å². The zero-order valence-corrected chi connectivity index (χ0v) is 27.8. The monoisotopic (exact) mass is 605 g/mol. The summed E-state index contributed by atoms with van der Waals surface area (Å²) in [6.07, 6.45) is 17.5. The van der Waals surface area contributed by atoms with Crippen molar-refractivity contribution in [2.24, 2.45) is 51.8 Å². The molecule has 1 heterocycles. The highest BCUT2D eigenvalue weighted by atomic mass is 16.6. The number of nitrogens with zero attached hydrogens (tertiary/aromatic N) is 1. The molecule has 0 radical (unpaired) electrons. The molecule has 6 nitrogen and oxygen atoms in total. The summed E-state index contributed by atoms with van der Waals surface area (Å²) >= 11 is 0. The molecule has 44 heavy (non-hydrogen) atoms. The minimum Gasteiger partial charge on any atom is -0.459 e. The van der Waals surface area contributed by atoms with Crippen LogP contribution in [-0.2, 0) is 23.9 Å². The molecule has 8 fully saturated rings. The van der Waals surface area contributed by atoms with Gasteiger partial charge in [0.05, 0.1) is 11.3 Å². The van der Waals surface area contributed by atoms with Crippen molar-refractivity contribution in [2.75, 3.05) is 20.1 Å². The van der Waals surface area contributed by atoms with Gasteiger partial charge in [0.15, 0.2) is 5.78 Å². The third-order valence-corrected chi connectivity index (χ3v) is 15.6. The molecule has 9 aliphatic rings. The molecule has 0 N–H and O–H groups in total. The van der Waals surface area contributed by atoms with Crippen LogP contribution >= 0.6 is 0 Å². The zero-order valence-electron chi connectivity index (χ0n) is 27.8. The number of carbonyl (C=O) groups is 3. The van der Waals surface area contributed by atoms with Gasteiger partial charge in [-0.2, -0.15) is 0 Å². The molecule has 1 saturated heterocycles. The molecule has 0 amide bonds. The summed E-state index contributed by atoms with van der Waals surface area (Å²) in [5.41, 5.74) is 0.116. The largest absolute Gasteiger partial charge is 0.459 e. The van der Waals surface area contributed by atoms with Crippen LogP contribution in [0.2, 0.25) is 0 Å². The quantitative estimate of drug-likeness (QED) is 0.320. The van der Waals surface area contributed by atoms with Crippen molar-refractivity contribution in [1.82, 2.24) is 4.90 Å². The normalized spacial score (nSPS) is 50.0. The molecule has 8 atom stereocenters. The van der Waals surface area contributed by atoms with Gasteiger partial charge in [0.25, 0.3) is 0 Å². The minimum atomic E-state index is -0.502. The Labute approximate surface area is 264 Å². The first-order chi connectivity index (χ1) is 20.9. The fourth-order valence-corrected chi connectivity index (χ4v) is 13.3. The Bertz CT molecular complexity index is 1270. The summed E-state index contributed by atoms with van der Waals surface area (Å²) in [6.45, 7) is 9.05. The number of fused-ring (bicyclic) bond motifs is 5. The van der Waals surface area contributed by atoms with E-state index >= 15 is 0 Å². The number of piperidine rings is 1. The first kappa shape index (κ1) is 29.7. The first-order valence-corrected chi connectivity index (χ1v) is 18.2. The van der Waals surface area contributed by atoms with Crippen LogP contribution in [0, 0.1) is 51.8 Å². The average Bonchev–Trinajstić information content (AvgIpc) is 3.22. The van der Waals surface area contributed by atoms with Crippen LogP contribution < -0.4 is 0 Å². The molecular formula is C38H55NO5. The lowest BCUT2D eigenvalue weighted by molar-refractivity contribution is -0.228. The second kappa shape index (κ2) is 9.91. The molecule has 6 heteroatoms. The molecular weight excluding hydrogens is 550 g/mol. The first-order valence-electron chi connectivity index (χ1n) is 18.2. The van der Waals surface area contributed by atoms with E-state index in [0.717, 1.165) is 90.1 Å². The third kappa shape index (κ3) is 4.30. The van der Waals surface area contributed by atoms with Crippen molar-refractivity contribution in [3.8, 4) is 0 Å². The van der Waals surface area contributed by atoms with Crippen molar-refractivity contribution in [3.05, 3.63) is 11.6 Å². The predicted molar refractivity (Wildman–Crippen MR) is 167 cm³/mol. The number of hydrogen-bond acceptors (Lipinski definition) is 6. The highest BCUT2D eigenvalue weighted by molar-refractivity contribution is 5.91. The standard InChI is InChI=1S/C38H55NO5/c1-34-12-7-28(40)18-27(34)5-6-29-30(34)8-13-35(2)31(29)9-14-36(35,3)44-33(42)37-19-24-17-25(20-37)22-38(21-24,23-37)43-32(41)26-10-15-39(4)16-11-26/h18,24-26,29-31H,5-17,19-23H2,1-4H3/t24?,25?,29?,30-,31-,34-,35-,36?,37?,38?/m0/s1. The number of ether oxygens (including phenoxy) is 2. The number of ketones is 1. The average molecular weight is 606 g/mol. The van der Waals surface area contributed by atoms with Crippen LogP contribution in [0.4, 0.5) is 0 Å². The molecule has 0 aromatic carbocycles. The lowest BCUT2D eigenvalue weighted by Crippen LogP contribution is -2.62. The molecule has 1 aliphatic heterocycles. The summed E-state index contributed by atoms with van der Waals surface area (Å²) in [5.74, 6) is 3.07. The van der Waals surface area contributed by atoms with Gasteiger partial charge in [-0.25, -0.2) is 0 Å². The number of rotatable bonds is 4. The lowest BCUT2D eigenvalue weighted by atomic mass is 9.46. The summed E-state index contributed by atoms with van der Waals surface area (Å²) < 4.78 is 13.4. The van der Waals surface area contributed by atoms with E-state index in [9.17, 15) is 14.4 Å². The van der Waals surface area contributed by atoms with Gasteiger partial charge < -0.3 is 14.4 Å². The smallest absolute Gasteiger partial charge is 0.312 e. The van der Waals surface area contributed by atoms with Gasteiger partial charge in [-0.05, 0) is 158 Å². The van der Waals surface area contributed by atoms with Crippen molar-refractivity contribution < 1.29 is 23.9 Å². The fraction of sp³-hybridized carbons (Fsp3) is 0.868. The molecule has 4 bridgehead atoms. The number of allylic oxidation sites excluding steroid dienone is 1. The Balaban J connectivity index is 1.00. The SMILES string of the molecule is CN1CCC(C(=O)OC23CC4CC(C2)CC(C(=O)OC2(C)CC[C@H]5C6CCC7=CC(=O)CC[C@]7(C)[C@H]6CC[C@@]52C)(C4)C3)CC1. The van der Waals surface area contributed by atoms with E-state index in [1.54, 1.807) is 0 Å². The minimum absolute atomic E-state index is 0.00534. The van der Waals surface area contributed by atoms with E-state index in [1.165, 1.54) is 18.4 Å². The molecule has 7 saturated carbocycles. The highest BCUT2D eigenvalue weighted by Crippen LogP contribution is 2.69. The number of likely N-dealkylation sites (tertiary alicyclic amines) is 1. The molecule has 8 aliphatic carbocycles. The molecule has 242 valence electrons. The Morgan fingerprint density at radius 2 is 1.55 bits per heavy atom. The van der Waals surface area contributed by atoms with Gasteiger partial charge >= 0.3 is 11.9 Å². The predicted octanol–water partition coefficient (Wildman–Crippen LogP) is 7.04. The molecule has 9 rings (SSSR count). The molecule has 0 aromatic rings. The van der Waals surface area contributed by atoms with Crippen molar-refractivity contribution in [2.45, 2.75) is 135 Å². The second-order valence-corrected chi connectivity index (χ2v) is 18.0. The maximum absolute atomic E-state index is 14.6. The van der Waals surface area contributed by atoms with Crippen LogP contribution in [0.1, 0.15) is 124 Å². The van der Waals surface area contributed by atoms with E-state index in [0.29, 0.717) is 48.2 Å². The Kier molecular flexibility index (Phi) is 6.69. The zero-order chi connectivity index (χ0) is 30.7. The summed E-state index contributed by atoms with van der Waals surface area (Å²) in [5, 5.41) is 0. The third-order valence-electron chi connectivity index (χ3n) is 15.6. The molecule has 0 aromatic heterocycles. The van der Waals surface area contributed by atoms with Crippen LogP contribution in [0.15, 0.2) is 11.6 Å². The van der Waals surface area contributed by atoms with Gasteiger partial charge in [-0.3, -0.25) is 14.4 Å². The van der Waals surface area contributed by atoms with Crippen LogP contribution in [-0.4, -0.2) is 54.0 Å². The highest BCUT2D eigenvalue weighted by Gasteiger charge is 2.67. The second-order valence-electron chi connectivity index (χ2n) is 18.0. The summed E-state index contributed by atoms with van der Waals surface area (Å²) in [6, 6.07) is 0. The topological polar surface area (TPSA) is 72.9 Å². The Hall–Kier alpha value is -1.69. The van der Waals surface area contributed by atoms with Crippen molar-refractivity contribution >= 4 is 17.7 Å². The summed E-state index contributed by atoms with van der Waals surface area (Å²) in [4.78, 5) is 42.6. The van der Waals surface area contributed by atoms with Crippen LogP contribution in [0.5, 0.6) is 0 Å². The van der Waals surface area contributed by atoms with Crippen LogP contribution in [0.3, 0.4) is 0 Å². The van der Waals surface area contributed by atoms with Gasteiger partial charge in [0, 0.05) is 18.3 Å². The van der Waals surface area contributed by atoms with Gasteiger partial charge in [0.1, 0.15) is 11.2 Å². The van der Waals surface area contributed by atoms with E-state index in [2.05, 4.69) is 32.7 Å². The maximum Gasteiger partial charge on any atom is 0.312 e. The van der Waals surface area contributed by atoms with Crippen LogP contribution in [0.25, 0.3) is 0 Å². The number of hydrogen-bond donors (Lipinski definition) is 0. The van der Waals surface area contributed by atoms with E-state index < -0.39 is 16.6 Å². The van der Waals surface area contributed by atoms with Gasteiger partial charge in [-0.15, -0.1) is 0 Å². The van der Waals surface area contributed by atoms with Gasteiger partial charge in [-0.1, -0.05) is 19.4 Å². The Morgan fingerprint density at radius 1 is 0.841 bits per heavy atom. The number of esters is 2. The molecule has 0 spiro atoms. The van der Waals surface area contributed by atoms with E-state index in [-0.39, 0.29) is 28.7 Å². The Morgan fingerprint density at radius 3 is 2.27 bits per heavy atom. The number of carbonyl (C=O) groups excluding carboxylic acids is 3. The van der Waals surface area contributed by atoms with Crippen molar-refractivity contribution in [3.63, 3.8) is 0 Å². The lowest BCUT2D eigenvalue weighted by Gasteiger charge is -2.61. The summed E-state index contributed by atoms with van der Waals surface area (Å²) in [7, 11) is 2.12. The van der Waals surface area contributed by atoms with Crippen molar-refractivity contribution in [1.29, 1.82) is 0 Å². The van der Waals surface area contributed by atoms with Gasteiger partial charge in [0.2, 0.25) is 0 Å². The molecule has 4 unspecified atom stereocenters. The maximum atomic E-state index is 14.6.